The van der Waals surface area contributed by atoms with E-state index in [1.54, 1.807) is 11.1 Å². The van der Waals surface area contributed by atoms with Gasteiger partial charge in [-0.15, -0.1) is 0 Å². The van der Waals surface area contributed by atoms with Crippen LogP contribution < -0.4 is 0 Å². The Hall–Kier alpha value is -1.64. The molecule has 1 aliphatic heterocycles. The normalized spacial score (nSPS) is 18.4. The van der Waals surface area contributed by atoms with Crippen LogP contribution in [0.1, 0.15) is 61.6 Å². The van der Waals surface area contributed by atoms with E-state index < -0.39 is 0 Å². The second-order valence-electron chi connectivity index (χ2n) is 7.72. The summed E-state index contributed by atoms with van der Waals surface area (Å²) < 4.78 is 11.0. The average molecular weight is 351 g/mol. The molecule has 2 nitrogen and oxygen atoms in total. The molecule has 2 unspecified atom stereocenters. The summed E-state index contributed by atoms with van der Waals surface area (Å²) in [4.78, 5) is 0. The van der Waals surface area contributed by atoms with E-state index in [-0.39, 0.29) is 0 Å². The summed E-state index contributed by atoms with van der Waals surface area (Å²) in [5.41, 5.74) is 7.53. The van der Waals surface area contributed by atoms with Crippen LogP contribution >= 0.6 is 0 Å². The van der Waals surface area contributed by atoms with E-state index in [4.69, 9.17) is 9.47 Å². The highest BCUT2D eigenvalue weighted by Crippen LogP contribution is 2.42. The molecule has 2 aromatic carbocycles. The van der Waals surface area contributed by atoms with Crippen molar-refractivity contribution in [3.63, 3.8) is 0 Å². The van der Waals surface area contributed by atoms with Crippen LogP contribution in [0.15, 0.2) is 42.5 Å². The van der Waals surface area contributed by atoms with Gasteiger partial charge in [-0.25, -0.2) is 0 Å². The van der Waals surface area contributed by atoms with Crippen molar-refractivity contribution in [2.24, 2.45) is 0 Å². The lowest BCUT2D eigenvalue weighted by Gasteiger charge is -2.20. The first kappa shape index (κ1) is 17.8. The third kappa shape index (κ3) is 4.02. The number of ether oxygens (including phenoxy) is 2. The summed E-state index contributed by atoms with van der Waals surface area (Å²) in [5, 5.41) is 0. The van der Waals surface area contributed by atoms with Crippen molar-refractivity contribution < 1.29 is 9.47 Å². The lowest BCUT2D eigenvalue weighted by Crippen LogP contribution is -2.07. The second kappa shape index (κ2) is 8.37. The smallest absolute Gasteiger partial charge is 0.104 e. The maximum Gasteiger partial charge on any atom is 0.104 e. The molecule has 0 N–H and O–H groups in total. The molecule has 1 fully saturated rings. The van der Waals surface area contributed by atoms with Crippen LogP contribution in [0, 0.1) is 0 Å². The van der Waals surface area contributed by atoms with Gasteiger partial charge in [0.1, 0.15) is 6.10 Å². The van der Waals surface area contributed by atoms with Crippen LogP contribution in [0.4, 0.5) is 0 Å². The van der Waals surface area contributed by atoms with Crippen LogP contribution in [0.25, 0.3) is 11.1 Å². The standard InChI is InChI=1S/C24H30O2/c1-2-3-8-18(10-7-14-25-16-20-17-26-20)21-12-6-13-23-22-11-5-4-9-19(22)15-24(21)23/h4-6,9,11-13,18,20H,2-3,7-8,10,14-17H2,1H3. The Morgan fingerprint density at radius 1 is 1.04 bits per heavy atom. The van der Waals surface area contributed by atoms with Crippen molar-refractivity contribution in [2.75, 3.05) is 19.8 Å². The molecule has 138 valence electrons. The highest BCUT2D eigenvalue weighted by molar-refractivity contribution is 5.78. The number of hydrogen-bond donors (Lipinski definition) is 0. The quantitative estimate of drug-likeness (QED) is 0.344. The molecule has 0 bridgehead atoms. The predicted octanol–water partition coefficient (Wildman–Crippen LogP) is 5.73. The molecule has 0 spiro atoms. The van der Waals surface area contributed by atoms with E-state index >= 15 is 0 Å². The van der Waals surface area contributed by atoms with Crippen molar-refractivity contribution in [3.05, 3.63) is 59.2 Å². The van der Waals surface area contributed by atoms with Crippen molar-refractivity contribution >= 4 is 0 Å². The number of rotatable bonds is 10. The largest absolute Gasteiger partial charge is 0.379 e. The molecular formula is C24H30O2. The Kier molecular flexibility index (Phi) is 5.72. The maximum absolute atomic E-state index is 5.77. The van der Waals surface area contributed by atoms with Crippen molar-refractivity contribution in [3.8, 4) is 11.1 Å². The Morgan fingerprint density at radius 2 is 1.85 bits per heavy atom. The third-order valence-electron chi connectivity index (χ3n) is 5.78. The van der Waals surface area contributed by atoms with Crippen LogP contribution in [0.5, 0.6) is 0 Å². The maximum atomic E-state index is 5.77. The monoisotopic (exact) mass is 350 g/mol. The highest BCUT2D eigenvalue weighted by Gasteiger charge is 2.24. The molecule has 2 heteroatoms. The molecule has 0 saturated carbocycles. The average Bonchev–Trinajstić information content (AvgIpc) is 3.42. The summed E-state index contributed by atoms with van der Waals surface area (Å²) in [7, 11) is 0. The summed E-state index contributed by atoms with van der Waals surface area (Å²) >= 11 is 0. The summed E-state index contributed by atoms with van der Waals surface area (Å²) in [5.74, 6) is 0.653. The lowest BCUT2D eigenvalue weighted by atomic mass is 9.85. The van der Waals surface area contributed by atoms with Gasteiger partial charge in [-0.05, 0) is 59.4 Å². The van der Waals surface area contributed by atoms with Crippen LogP contribution in [-0.4, -0.2) is 25.9 Å². The fraction of sp³-hybridized carbons (Fsp3) is 0.500. The third-order valence-corrected chi connectivity index (χ3v) is 5.78. The first-order valence-electron chi connectivity index (χ1n) is 10.3. The zero-order valence-corrected chi connectivity index (χ0v) is 15.9. The van der Waals surface area contributed by atoms with Gasteiger partial charge in [-0.2, -0.15) is 0 Å². The highest BCUT2D eigenvalue weighted by atomic mass is 16.6. The van der Waals surface area contributed by atoms with Crippen molar-refractivity contribution in [1.82, 2.24) is 0 Å². The molecule has 1 heterocycles. The molecule has 4 rings (SSSR count). The van der Waals surface area contributed by atoms with Crippen LogP contribution in [0.3, 0.4) is 0 Å². The molecule has 1 aliphatic carbocycles. The first-order chi connectivity index (χ1) is 12.9. The van der Waals surface area contributed by atoms with E-state index in [1.807, 2.05) is 0 Å². The van der Waals surface area contributed by atoms with E-state index in [2.05, 4.69) is 49.4 Å². The molecule has 0 aromatic heterocycles. The predicted molar refractivity (Wildman–Crippen MR) is 107 cm³/mol. The van der Waals surface area contributed by atoms with Gasteiger partial charge in [0.25, 0.3) is 0 Å². The Balaban J connectivity index is 1.46. The Bertz CT molecular complexity index is 733. The zero-order chi connectivity index (χ0) is 17.8. The minimum Gasteiger partial charge on any atom is -0.379 e. The van der Waals surface area contributed by atoms with E-state index in [0.29, 0.717) is 12.0 Å². The number of benzene rings is 2. The van der Waals surface area contributed by atoms with Gasteiger partial charge in [0.05, 0.1) is 13.2 Å². The molecular weight excluding hydrogens is 320 g/mol. The van der Waals surface area contributed by atoms with Crippen molar-refractivity contribution in [1.29, 1.82) is 0 Å². The number of unbranched alkanes of at least 4 members (excludes halogenated alkanes) is 1. The summed E-state index contributed by atoms with van der Waals surface area (Å²) in [6.07, 6.45) is 7.69. The number of fused-ring (bicyclic) bond motifs is 3. The van der Waals surface area contributed by atoms with Gasteiger partial charge in [0.2, 0.25) is 0 Å². The van der Waals surface area contributed by atoms with Crippen LogP contribution in [-0.2, 0) is 15.9 Å². The fourth-order valence-corrected chi connectivity index (χ4v) is 4.28. The Morgan fingerprint density at radius 3 is 2.69 bits per heavy atom. The molecule has 1 saturated heterocycles. The summed E-state index contributed by atoms with van der Waals surface area (Å²) in [6, 6.07) is 15.8. The molecule has 26 heavy (non-hydrogen) atoms. The molecule has 2 aliphatic rings. The minimum absolute atomic E-state index is 0.377. The lowest BCUT2D eigenvalue weighted by molar-refractivity contribution is 0.112. The zero-order valence-electron chi connectivity index (χ0n) is 15.9. The van der Waals surface area contributed by atoms with E-state index in [0.717, 1.165) is 32.7 Å². The number of hydrogen-bond acceptors (Lipinski definition) is 2. The Labute approximate surface area is 157 Å². The van der Waals surface area contributed by atoms with E-state index in [9.17, 15) is 0 Å². The van der Waals surface area contributed by atoms with Gasteiger partial charge in [-0.3, -0.25) is 0 Å². The number of epoxide rings is 1. The second-order valence-corrected chi connectivity index (χ2v) is 7.72. The molecule has 2 atom stereocenters. The fourth-order valence-electron chi connectivity index (χ4n) is 4.28. The molecule has 2 aromatic rings. The SMILES string of the molecule is CCCCC(CCCOCC1CO1)c1cccc2c1Cc1ccccc1-2. The summed E-state index contributed by atoms with van der Waals surface area (Å²) in [6.45, 7) is 4.81. The van der Waals surface area contributed by atoms with Gasteiger partial charge in [-0.1, -0.05) is 62.2 Å². The van der Waals surface area contributed by atoms with Gasteiger partial charge in [0, 0.05) is 6.61 Å². The van der Waals surface area contributed by atoms with Crippen LogP contribution in [0.2, 0.25) is 0 Å². The molecule has 0 amide bonds. The minimum atomic E-state index is 0.377. The van der Waals surface area contributed by atoms with E-state index in [1.165, 1.54) is 42.4 Å². The van der Waals surface area contributed by atoms with Gasteiger partial charge < -0.3 is 9.47 Å². The van der Waals surface area contributed by atoms with Crippen molar-refractivity contribution in [2.45, 2.75) is 57.5 Å². The van der Waals surface area contributed by atoms with Gasteiger partial charge >= 0.3 is 0 Å². The topological polar surface area (TPSA) is 21.8 Å². The first-order valence-corrected chi connectivity index (χ1v) is 10.3. The van der Waals surface area contributed by atoms with Gasteiger partial charge in [0.15, 0.2) is 0 Å². The molecule has 0 radical (unpaired) electrons.